The molecule has 0 aromatic heterocycles. The normalized spacial score (nSPS) is 20.1. The molecule has 17 heavy (non-hydrogen) atoms. The van der Waals surface area contributed by atoms with Crippen molar-refractivity contribution in [3.63, 3.8) is 0 Å². The molecule has 2 rings (SSSR count). The lowest BCUT2D eigenvalue weighted by molar-refractivity contribution is -0.117. The zero-order chi connectivity index (χ0) is 12.6. The van der Waals surface area contributed by atoms with E-state index in [9.17, 15) is 9.18 Å². The lowest BCUT2D eigenvalue weighted by Gasteiger charge is -2.19. The third kappa shape index (κ3) is 2.39. The highest BCUT2D eigenvalue weighted by atomic mass is 35.5. The van der Waals surface area contributed by atoms with Gasteiger partial charge in [-0.2, -0.15) is 0 Å². The first-order chi connectivity index (χ1) is 8.02. The van der Waals surface area contributed by atoms with Crippen LogP contribution < -0.4 is 4.90 Å². The summed E-state index contributed by atoms with van der Waals surface area (Å²) in [6.07, 6.45) is 0.251. The van der Waals surface area contributed by atoms with E-state index in [1.165, 1.54) is 4.90 Å². The Bertz CT molecular complexity index is 444. The van der Waals surface area contributed by atoms with E-state index in [4.69, 9.17) is 28.3 Å². The molecule has 0 bridgehead atoms. The number of amides is 1. The molecule has 0 aliphatic carbocycles. The van der Waals surface area contributed by atoms with E-state index in [1.54, 1.807) is 0 Å². The van der Waals surface area contributed by atoms with Gasteiger partial charge in [0.2, 0.25) is 5.91 Å². The number of nitrogens with zero attached hydrogens (tertiary/aromatic N) is 1. The summed E-state index contributed by atoms with van der Waals surface area (Å²) in [5.74, 6) is -0.840. The van der Waals surface area contributed by atoms with E-state index in [0.29, 0.717) is 12.2 Å². The van der Waals surface area contributed by atoms with Crippen molar-refractivity contribution < 1.29 is 14.3 Å². The summed E-state index contributed by atoms with van der Waals surface area (Å²) in [5, 5.41) is 9.22. The Balaban J connectivity index is 2.38. The highest BCUT2D eigenvalue weighted by Crippen LogP contribution is 2.37. The third-order valence-corrected chi connectivity index (χ3v) is 3.29. The van der Waals surface area contributed by atoms with Gasteiger partial charge in [-0.15, -0.1) is 0 Å². The minimum absolute atomic E-state index is 0.0708. The fourth-order valence-electron chi connectivity index (χ4n) is 1.91. The fraction of sp³-hybridized carbons (Fsp3) is 0.364. The number of rotatable bonds is 2. The van der Waals surface area contributed by atoms with Crippen LogP contribution in [0.15, 0.2) is 12.1 Å². The van der Waals surface area contributed by atoms with Crippen molar-refractivity contribution >= 4 is 34.8 Å². The average Bonchev–Trinajstić information content (AvgIpc) is 2.59. The van der Waals surface area contributed by atoms with Gasteiger partial charge >= 0.3 is 0 Å². The molecule has 1 fully saturated rings. The second-order valence-electron chi connectivity index (χ2n) is 3.98. The summed E-state index contributed by atoms with van der Waals surface area (Å²) >= 11 is 11.8. The predicted molar refractivity (Wildman–Crippen MR) is 64.0 cm³/mol. The first-order valence-electron chi connectivity index (χ1n) is 5.08. The number of aliphatic hydroxyl groups excluding tert-OH is 1. The maximum Gasteiger partial charge on any atom is 0.227 e. The molecule has 1 saturated heterocycles. The molecule has 1 aromatic rings. The van der Waals surface area contributed by atoms with Gasteiger partial charge in [-0.05, 0) is 12.1 Å². The highest BCUT2D eigenvalue weighted by Gasteiger charge is 2.32. The molecule has 3 nitrogen and oxygen atoms in total. The second-order valence-corrected chi connectivity index (χ2v) is 4.79. The number of carbonyl (C=O) groups is 1. The van der Waals surface area contributed by atoms with Gasteiger partial charge < -0.3 is 10.0 Å². The van der Waals surface area contributed by atoms with Crippen molar-refractivity contribution in [1.82, 2.24) is 0 Å². The Kier molecular flexibility index (Phi) is 3.56. The topological polar surface area (TPSA) is 40.5 Å². The van der Waals surface area contributed by atoms with Crippen molar-refractivity contribution in [2.24, 2.45) is 5.92 Å². The van der Waals surface area contributed by atoms with Gasteiger partial charge in [0.05, 0.1) is 15.7 Å². The smallest absolute Gasteiger partial charge is 0.227 e. The van der Waals surface area contributed by atoms with Crippen molar-refractivity contribution in [2.45, 2.75) is 6.42 Å². The van der Waals surface area contributed by atoms with Crippen LogP contribution in [0.4, 0.5) is 10.1 Å². The lowest BCUT2D eigenvalue weighted by Crippen LogP contribution is -2.25. The SMILES string of the molecule is O=C1CC(CO)CN1c1c(Cl)cc(F)cc1Cl. The molecule has 92 valence electrons. The Morgan fingerprint density at radius 2 is 2.00 bits per heavy atom. The molecule has 1 aliphatic rings. The molecule has 1 aliphatic heterocycles. The summed E-state index contributed by atoms with van der Waals surface area (Å²) in [4.78, 5) is 13.1. The number of anilines is 1. The van der Waals surface area contributed by atoms with Crippen LogP contribution in [0.25, 0.3) is 0 Å². The largest absolute Gasteiger partial charge is 0.396 e. The van der Waals surface area contributed by atoms with Crippen LogP contribution in [0.5, 0.6) is 0 Å². The number of hydrogen-bond acceptors (Lipinski definition) is 2. The van der Waals surface area contributed by atoms with Gasteiger partial charge in [0.25, 0.3) is 0 Å². The van der Waals surface area contributed by atoms with Gasteiger partial charge in [-0.1, -0.05) is 23.2 Å². The molecule has 1 unspecified atom stereocenters. The number of carbonyl (C=O) groups excluding carboxylic acids is 1. The quantitative estimate of drug-likeness (QED) is 0.902. The maximum atomic E-state index is 13.0. The zero-order valence-corrected chi connectivity index (χ0v) is 10.3. The van der Waals surface area contributed by atoms with E-state index in [0.717, 1.165) is 12.1 Å². The standard InChI is InChI=1S/C11H10Cl2FNO2/c12-8-2-7(14)3-9(13)11(8)15-4-6(5-16)1-10(15)17/h2-3,6,16H,1,4-5H2. The van der Waals surface area contributed by atoms with Crippen LogP contribution in [0, 0.1) is 11.7 Å². The number of aliphatic hydroxyl groups is 1. The molecule has 1 amide bonds. The number of hydrogen-bond donors (Lipinski definition) is 1. The zero-order valence-electron chi connectivity index (χ0n) is 8.79. The third-order valence-electron chi connectivity index (χ3n) is 2.71. The molecule has 1 N–H and O–H groups in total. The van der Waals surface area contributed by atoms with Crippen LogP contribution in [-0.2, 0) is 4.79 Å². The molecule has 0 radical (unpaired) electrons. The Morgan fingerprint density at radius 1 is 1.41 bits per heavy atom. The molecule has 6 heteroatoms. The van der Waals surface area contributed by atoms with Crippen LogP contribution in [0.1, 0.15) is 6.42 Å². The maximum absolute atomic E-state index is 13.0. The van der Waals surface area contributed by atoms with Crippen molar-refractivity contribution in [3.05, 3.63) is 28.0 Å². The highest BCUT2D eigenvalue weighted by molar-refractivity contribution is 6.40. The first kappa shape index (κ1) is 12.6. The minimum atomic E-state index is -0.547. The van der Waals surface area contributed by atoms with Gasteiger partial charge in [-0.25, -0.2) is 4.39 Å². The van der Waals surface area contributed by atoms with Gasteiger partial charge in [0.15, 0.2) is 0 Å². The van der Waals surface area contributed by atoms with Crippen LogP contribution in [0.2, 0.25) is 10.0 Å². The van der Waals surface area contributed by atoms with E-state index in [2.05, 4.69) is 0 Å². The van der Waals surface area contributed by atoms with E-state index in [-0.39, 0.29) is 34.9 Å². The Hall–Kier alpha value is -0.840. The molecule has 1 atom stereocenters. The van der Waals surface area contributed by atoms with Crippen LogP contribution in [0.3, 0.4) is 0 Å². The van der Waals surface area contributed by atoms with E-state index < -0.39 is 5.82 Å². The number of benzene rings is 1. The van der Waals surface area contributed by atoms with Crippen molar-refractivity contribution in [3.8, 4) is 0 Å². The Morgan fingerprint density at radius 3 is 2.47 bits per heavy atom. The summed E-state index contributed by atoms with van der Waals surface area (Å²) in [7, 11) is 0. The predicted octanol–water partition coefficient (Wildman–Crippen LogP) is 2.48. The van der Waals surface area contributed by atoms with Gasteiger partial charge in [0.1, 0.15) is 5.82 Å². The summed E-state index contributed by atoms with van der Waals surface area (Å²) in [5.41, 5.74) is 0.315. The fourth-order valence-corrected chi connectivity index (χ4v) is 2.58. The minimum Gasteiger partial charge on any atom is -0.396 e. The van der Waals surface area contributed by atoms with Crippen molar-refractivity contribution in [1.29, 1.82) is 0 Å². The second kappa shape index (κ2) is 4.80. The van der Waals surface area contributed by atoms with Crippen LogP contribution in [-0.4, -0.2) is 24.2 Å². The molecule has 1 heterocycles. The Labute approximate surface area is 108 Å². The summed E-state index contributed by atoms with van der Waals surface area (Å²) in [6, 6.07) is 2.23. The lowest BCUT2D eigenvalue weighted by atomic mass is 10.1. The molecular weight excluding hydrogens is 268 g/mol. The molecule has 1 aromatic carbocycles. The molecule has 0 spiro atoms. The number of halogens is 3. The molecule has 0 saturated carbocycles. The first-order valence-corrected chi connectivity index (χ1v) is 5.84. The van der Waals surface area contributed by atoms with Crippen molar-refractivity contribution in [2.75, 3.05) is 18.1 Å². The van der Waals surface area contributed by atoms with Gasteiger partial charge in [0, 0.05) is 25.5 Å². The summed E-state index contributed by atoms with van der Waals surface area (Å²) < 4.78 is 13.0. The van der Waals surface area contributed by atoms with E-state index >= 15 is 0 Å². The average molecular weight is 278 g/mol. The summed E-state index contributed by atoms with van der Waals surface area (Å²) in [6.45, 7) is 0.277. The van der Waals surface area contributed by atoms with Crippen LogP contribution >= 0.6 is 23.2 Å². The molecular formula is C11H10Cl2FNO2. The monoisotopic (exact) mass is 277 g/mol. The van der Waals surface area contributed by atoms with Gasteiger partial charge in [-0.3, -0.25) is 4.79 Å². The van der Waals surface area contributed by atoms with E-state index in [1.807, 2.05) is 0 Å².